The highest BCUT2D eigenvalue weighted by atomic mass is 79.9. The van der Waals surface area contributed by atoms with Gasteiger partial charge >= 0.3 is 5.97 Å². The van der Waals surface area contributed by atoms with Crippen molar-refractivity contribution in [3.8, 4) is 5.75 Å². The van der Waals surface area contributed by atoms with E-state index in [-0.39, 0.29) is 17.2 Å². The van der Waals surface area contributed by atoms with E-state index in [1.54, 1.807) is 13.0 Å². The first kappa shape index (κ1) is 14.5. The Labute approximate surface area is 113 Å². The van der Waals surface area contributed by atoms with E-state index in [1.807, 2.05) is 0 Å². The van der Waals surface area contributed by atoms with Crippen LogP contribution < -0.4 is 5.32 Å². The Hall–Kier alpha value is -1.56. The lowest BCUT2D eigenvalue weighted by Crippen LogP contribution is -2.35. The Morgan fingerprint density at radius 2 is 2.17 bits per heavy atom. The molecule has 0 unspecified atom stereocenters. The van der Waals surface area contributed by atoms with Crippen LogP contribution >= 0.6 is 15.9 Å². The van der Waals surface area contributed by atoms with E-state index in [1.165, 1.54) is 19.1 Å². The lowest BCUT2D eigenvalue weighted by atomic mass is 10.2. The number of ether oxygens (including phenoxy) is 1. The maximum absolute atomic E-state index is 11.8. The van der Waals surface area contributed by atoms with Crippen molar-refractivity contribution in [2.75, 3.05) is 6.54 Å². The molecule has 1 atom stereocenters. The number of esters is 1. The van der Waals surface area contributed by atoms with Crippen molar-refractivity contribution < 1.29 is 19.4 Å². The van der Waals surface area contributed by atoms with Crippen molar-refractivity contribution in [1.29, 1.82) is 0 Å². The molecule has 98 valence electrons. The van der Waals surface area contributed by atoms with E-state index in [2.05, 4.69) is 21.2 Å². The molecular weight excluding hydrogens is 302 g/mol. The maximum Gasteiger partial charge on any atom is 0.342 e. The van der Waals surface area contributed by atoms with Crippen molar-refractivity contribution >= 4 is 27.8 Å². The molecule has 1 aromatic carbocycles. The molecule has 0 radical (unpaired) electrons. The van der Waals surface area contributed by atoms with E-state index in [4.69, 9.17) is 4.74 Å². The van der Waals surface area contributed by atoms with E-state index in [9.17, 15) is 14.7 Å². The van der Waals surface area contributed by atoms with Crippen LogP contribution in [0.1, 0.15) is 24.2 Å². The predicted octanol–water partition coefficient (Wildman–Crippen LogP) is 1.84. The predicted molar refractivity (Wildman–Crippen MR) is 69.4 cm³/mol. The summed E-state index contributed by atoms with van der Waals surface area (Å²) in [5.41, 5.74) is 0.0144. The summed E-state index contributed by atoms with van der Waals surface area (Å²) in [5.74, 6) is -1.31. The SMILES string of the molecule is CCNC(=O)[C@@H](C)OC(=O)c1cc(Br)ccc1O. The van der Waals surface area contributed by atoms with Crippen molar-refractivity contribution in [3.63, 3.8) is 0 Å². The van der Waals surface area contributed by atoms with Crippen LogP contribution in [0.25, 0.3) is 0 Å². The Kier molecular flexibility index (Phi) is 5.15. The molecule has 18 heavy (non-hydrogen) atoms. The van der Waals surface area contributed by atoms with Gasteiger partial charge in [-0.15, -0.1) is 0 Å². The van der Waals surface area contributed by atoms with Gasteiger partial charge in [-0.25, -0.2) is 4.79 Å². The van der Waals surface area contributed by atoms with Gasteiger partial charge in [-0.3, -0.25) is 4.79 Å². The molecule has 0 bridgehead atoms. The van der Waals surface area contributed by atoms with Gasteiger partial charge in [-0.1, -0.05) is 15.9 Å². The Bertz CT molecular complexity index is 461. The Morgan fingerprint density at radius 1 is 1.50 bits per heavy atom. The lowest BCUT2D eigenvalue weighted by molar-refractivity contribution is -0.128. The number of nitrogens with one attached hydrogen (secondary N) is 1. The highest BCUT2D eigenvalue weighted by Gasteiger charge is 2.20. The van der Waals surface area contributed by atoms with Crippen LogP contribution in [-0.2, 0) is 9.53 Å². The second-order valence-electron chi connectivity index (χ2n) is 3.60. The summed E-state index contributed by atoms with van der Waals surface area (Å²) in [7, 11) is 0. The molecule has 0 spiro atoms. The third-order valence-corrected chi connectivity index (χ3v) is 2.68. The van der Waals surface area contributed by atoms with Crippen LogP contribution in [-0.4, -0.2) is 29.6 Å². The summed E-state index contributed by atoms with van der Waals surface area (Å²) < 4.78 is 5.59. The molecule has 0 fully saturated rings. The number of phenols is 1. The number of carbonyl (C=O) groups excluding carboxylic acids is 2. The van der Waals surface area contributed by atoms with Gasteiger partial charge in [-0.05, 0) is 32.0 Å². The molecule has 1 rings (SSSR count). The molecule has 5 nitrogen and oxygen atoms in total. The zero-order valence-corrected chi connectivity index (χ0v) is 11.7. The van der Waals surface area contributed by atoms with E-state index in [0.29, 0.717) is 11.0 Å². The number of rotatable bonds is 4. The van der Waals surface area contributed by atoms with Crippen LogP contribution in [0.4, 0.5) is 0 Å². The first-order chi connectivity index (χ1) is 8.45. The van der Waals surface area contributed by atoms with Crippen molar-refractivity contribution in [2.24, 2.45) is 0 Å². The number of halogens is 1. The third kappa shape index (κ3) is 3.73. The molecule has 0 saturated carbocycles. The van der Waals surface area contributed by atoms with Gasteiger partial charge in [-0.2, -0.15) is 0 Å². The Morgan fingerprint density at radius 3 is 2.78 bits per heavy atom. The fourth-order valence-corrected chi connectivity index (χ4v) is 1.63. The smallest absolute Gasteiger partial charge is 0.342 e. The minimum absolute atomic E-state index is 0.0144. The molecule has 1 amide bonds. The third-order valence-electron chi connectivity index (χ3n) is 2.18. The highest BCUT2D eigenvalue weighted by molar-refractivity contribution is 9.10. The van der Waals surface area contributed by atoms with Crippen molar-refractivity contribution in [2.45, 2.75) is 20.0 Å². The second-order valence-corrected chi connectivity index (χ2v) is 4.52. The molecular formula is C12H14BrNO4. The first-order valence-corrected chi connectivity index (χ1v) is 6.22. The fourth-order valence-electron chi connectivity index (χ4n) is 1.27. The summed E-state index contributed by atoms with van der Waals surface area (Å²) >= 11 is 3.19. The van der Waals surface area contributed by atoms with Gasteiger partial charge in [0.1, 0.15) is 11.3 Å². The van der Waals surface area contributed by atoms with Gasteiger partial charge in [0.05, 0.1) is 0 Å². The second kappa shape index (κ2) is 6.39. The number of benzene rings is 1. The molecule has 2 N–H and O–H groups in total. The molecule has 6 heteroatoms. The molecule has 0 saturated heterocycles. The minimum atomic E-state index is -0.907. The van der Waals surface area contributed by atoms with Crippen LogP contribution in [0.5, 0.6) is 5.75 Å². The molecule has 0 aliphatic rings. The average molecular weight is 316 g/mol. The normalized spacial score (nSPS) is 11.7. The number of aromatic hydroxyl groups is 1. The van der Waals surface area contributed by atoms with Gasteiger partial charge in [0, 0.05) is 11.0 Å². The average Bonchev–Trinajstić information content (AvgIpc) is 2.32. The highest BCUT2D eigenvalue weighted by Crippen LogP contribution is 2.22. The lowest BCUT2D eigenvalue weighted by Gasteiger charge is -2.13. The minimum Gasteiger partial charge on any atom is -0.507 e. The van der Waals surface area contributed by atoms with Crippen molar-refractivity contribution in [3.05, 3.63) is 28.2 Å². The summed E-state index contributed by atoms with van der Waals surface area (Å²) in [4.78, 5) is 23.2. The van der Waals surface area contributed by atoms with Crippen LogP contribution in [0.2, 0.25) is 0 Å². The Balaban J connectivity index is 2.76. The largest absolute Gasteiger partial charge is 0.507 e. The summed E-state index contributed by atoms with van der Waals surface area (Å²) in [6.45, 7) is 3.70. The quantitative estimate of drug-likeness (QED) is 0.831. The molecule has 0 aliphatic carbocycles. The molecule has 0 aliphatic heterocycles. The first-order valence-electron chi connectivity index (χ1n) is 5.43. The summed E-state index contributed by atoms with van der Waals surface area (Å²) in [6, 6.07) is 4.40. The number of hydrogen-bond acceptors (Lipinski definition) is 4. The number of likely N-dealkylation sites (N-methyl/N-ethyl adjacent to an activating group) is 1. The molecule has 0 heterocycles. The summed E-state index contributed by atoms with van der Waals surface area (Å²) in [5, 5.41) is 12.1. The van der Waals surface area contributed by atoms with Crippen LogP contribution in [0, 0.1) is 0 Å². The number of phenolic OH excluding ortho intramolecular Hbond substituents is 1. The number of hydrogen-bond donors (Lipinski definition) is 2. The number of carbonyl (C=O) groups is 2. The summed E-state index contributed by atoms with van der Waals surface area (Å²) in [6.07, 6.45) is -0.907. The van der Waals surface area contributed by atoms with E-state index >= 15 is 0 Å². The van der Waals surface area contributed by atoms with Gasteiger partial charge in [0.25, 0.3) is 5.91 Å². The van der Waals surface area contributed by atoms with E-state index < -0.39 is 12.1 Å². The maximum atomic E-state index is 11.8. The van der Waals surface area contributed by atoms with Gasteiger partial charge in [0.15, 0.2) is 6.10 Å². The van der Waals surface area contributed by atoms with Crippen LogP contribution in [0.3, 0.4) is 0 Å². The zero-order valence-electron chi connectivity index (χ0n) is 10.1. The zero-order chi connectivity index (χ0) is 13.7. The van der Waals surface area contributed by atoms with Crippen LogP contribution in [0.15, 0.2) is 22.7 Å². The van der Waals surface area contributed by atoms with Gasteiger partial charge in [0.2, 0.25) is 0 Å². The molecule has 0 aromatic heterocycles. The monoisotopic (exact) mass is 315 g/mol. The van der Waals surface area contributed by atoms with Crippen molar-refractivity contribution in [1.82, 2.24) is 5.32 Å². The standard InChI is InChI=1S/C12H14BrNO4/c1-3-14-11(16)7(2)18-12(17)9-6-8(13)4-5-10(9)15/h4-7,15H,3H2,1-2H3,(H,14,16)/t7-/m1/s1. The van der Waals surface area contributed by atoms with E-state index in [0.717, 1.165) is 0 Å². The molecule has 1 aromatic rings. The topological polar surface area (TPSA) is 75.6 Å². The number of amides is 1. The fraction of sp³-hybridized carbons (Fsp3) is 0.333. The van der Waals surface area contributed by atoms with Gasteiger partial charge < -0.3 is 15.2 Å².